The first-order valence-corrected chi connectivity index (χ1v) is 8.80. The predicted octanol–water partition coefficient (Wildman–Crippen LogP) is 2.86. The molecule has 1 aliphatic heterocycles. The van der Waals surface area contributed by atoms with E-state index in [1.54, 1.807) is 12.1 Å². The van der Waals surface area contributed by atoms with Gasteiger partial charge >= 0.3 is 0 Å². The Labute approximate surface area is 151 Å². The fourth-order valence-corrected chi connectivity index (χ4v) is 3.38. The summed E-state index contributed by atoms with van der Waals surface area (Å²) in [6.07, 6.45) is -0.524. The first kappa shape index (κ1) is 17.0. The number of rotatable bonds is 4. The Hall–Kier alpha value is -2.47. The zero-order valence-electron chi connectivity index (χ0n) is 14.4. The van der Waals surface area contributed by atoms with Crippen molar-refractivity contribution in [3.8, 4) is 0 Å². The van der Waals surface area contributed by atoms with Crippen LogP contribution in [-0.2, 0) is 11.3 Å². The van der Waals surface area contributed by atoms with E-state index >= 15 is 0 Å². The highest BCUT2D eigenvalue weighted by atomic mass is 16.5. The van der Waals surface area contributed by atoms with Gasteiger partial charge in [0.25, 0.3) is 0 Å². The highest BCUT2D eigenvalue weighted by molar-refractivity contribution is 6.10. The van der Waals surface area contributed by atoms with Crippen molar-refractivity contribution >= 4 is 16.8 Å². The van der Waals surface area contributed by atoms with E-state index in [-0.39, 0.29) is 5.78 Å². The summed E-state index contributed by atoms with van der Waals surface area (Å²) in [5.74, 6) is 0.250. The zero-order chi connectivity index (χ0) is 17.9. The molecule has 0 unspecified atom stereocenters. The van der Waals surface area contributed by atoms with Gasteiger partial charge < -0.3 is 14.3 Å². The minimum atomic E-state index is -0.524. The van der Waals surface area contributed by atoms with Crippen LogP contribution in [0.15, 0.2) is 59.0 Å². The van der Waals surface area contributed by atoms with Gasteiger partial charge in [-0.15, -0.1) is 0 Å². The van der Waals surface area contributed by atoms with Crippen molar-refractivity contribution in [1.29, 1.82) is 0 Å². The van der Waals surface area contributed by atoms with Crippen LogP contribution < -0.4 is 0 Å². The van der Waals surface area contributed by atoms with Crippen molar-refractivity contribution in [2.24, 2.45) is 0 Å². The topological polar surface area (TPSA) is 62.9 Å². The number of hydrogen-bond acceptors (Lipinski definition) is 5. The molecule has 2 heterocycles. The molecule has 134 valence electrons. The summed E-state index contributed by atoms with van der Waals surface area (Å²) in [5, 5.41) is 10.9. The average molecular weight is 351 g/mol. The van der Waals surface area contributed by atoms with E-state index in [4.69, 9.17) is 9.15 Å². The molecule has 1 aromatic heterocycles. The lowest BCUT2D eigenvalue weighted by molar-refractivity contribution is 0.0562. The molecule has 0 spiro atoms. The summed E-state index contributed by atoms with van der Waals surface area (Å²) in [6, 6.07) is 16.9. The quantitative estimate of drug-likeness (QED) is 0.733. The molecule has 2 aromatic carbocycles. The second-order valence-corrected chi connectivity index (χ2v) is 6.56. The van der Waals surface area contributed by atoms with Gasteiger partial charge in [-0.3, -0.25) is 9.69 Å². The van der Waals surface area contributed by atoms with Crippen LogP contribution in [0.25, 0.3) is 11.0 Å². The van der Waals surface area contributed by atoms with Crippen molar-refractivity contribution in [3.63, 3.8) is 0 Å². The van der Waals surface area contributed by atoms with Crippen molar-refractivity contribution in [3.05, 3.63) is 71.5 Å². The first-order valence-electron chi connectivity index (χ1n) is 8.80. The summed E-state index contributed by atoms with van der Waals surface area (Å²) < 4.78 is 11.4. The van der Waals surface area contributed by atoms with Crippen LogP contribution in [0.2, 0.25) is 0 Å². The first-order chi connectivity index (χ1) is 12.7. The smallest absolute Gasteiger partial charge is 0.228 e. The molecule has 1 aliphatic rings. The lowest BCUT2D eigenvalue weighted by Crippen LogP contribution is -2.32. The number of hydrogen-bond donors (Lipinski definition) is 1. The van der Waals surface area contributed by atoms with Gasteiger partial charge in [-0.25, -0.2) is 0 Å². The minimum absolute atomic E-state index is 0.122. The Morgan fingerprint density at radius 1 is 1.12 bits per heavy atom. The standard InChI is InChI=1S/C21H21NO4/c23-16-12-22(10-11-25-14-16)13-18-17-8-4-5-9-19(17)26-21(18)20(24)15-6-2-1-3-7-15/h1-9,16,23H,10-14H2/t16-/m0/s1. The number of carbonyl (C=O) groups excluding carboxylic acids is 1. The summed E-state index contributed by atoms with van der Waals surface area (Å²) in [5.41, 5.74) is 2.17. The fourth-order valence-electron chi connectivity index (χ4n) is 3.38. The molecule has 0 radical (unpaired) electrons. The number of carbonyl (C=O) groups is 1. The molecule has 1 fully saturated rings. The molecule has 5 heteroatoms. The van der Waals surface area contributed by atoms with Gasteiger partial charge in [0.2, 0.25) is 5.78 Å². The Kier molecular flexibility index (Phi) is 4.84. The number of para-hydroxylation sites is 1. The van der Waals surface area contributed by atoms with E-state index < -0.39 is 6.10 Å². The number of β-amino-alcohol motifs (C(OH)–C–C–N with tert-alkyl or cyclic N) is 1. The maximum atomic E-state index is 13.0. The SMILES string of the molecule is O=C(c1ccccc1)c1oc2ccccc2c1CN1CCOC[C@@H](O)C1. The van der Waals surface area contributed by atoms with E-state index in [1.165, 1.54) is 0 Å². The molecule has 0 saturated carbocycles. The molecule has 0 aliphatic carbocycles. The van der Waals surface area contributed by atoms with Crippen LogP contribution in [-0.4, -0.2) is 48.2 Å². The van der Waals surface area contributed by atoms with E-state index in [0.717, 1.165) is 10.9 Å². The normalized spacial score (nSPS) is 18.7. The maximum absolute atomic E-state index is 13.0. The van der Waals surface area contributed by atoms with Crippen LogP contribution >= 0.6 is 0 Å². The summed E-state index contributed by atoms with van der Waals surface area (Å²) >= 11 is 0. The van der Waals surface area contributed by atoms with Gasteiger partial charge in [0.15, 0.2) is 5.76 Å². The molecular weight excluding hydrogens is 330 g/mol. The number of furan rings is 1. The van der Waals surface area contributed by atoms with Crippen LogP contribution in [0.3, 0.4) is 0 Å². The Morgan fingerprint density at radius 3 is 2.73 bits per heavy atom. The lowest BCUT2D eigenvalue weighted by atomic mass is 10.0. The minimum Gasteiger partial charge on any atom is -0.452 e. The molecule has 1 atom stereocenters. The maximum Gasteiger partial charge on any atom is 0.228 e. The third kappa shape index (κ3) is 3.42. The van der Waals surface area contributed by atoms with Crippen molar-refractivity contribution in [2.75, 3.05) is 26.3 Å². The zero-order valence-corrected chi connectivity index (χ0v) is 14.4. The van der Waals surface area contributed by atoms with Crippen LogP contribution in [0.4, 0.5) is 0 Å². The van der Waals surface area contributed by atoms with E-state index in [2.05, 4.69) is 4.90 Å². The molecule has 0 amide bonds. The molecule has 4 rings (SSSR count). The van der Waals surface area contributed by atoms with Crippen LogP contribution in [0.1, 0.15) is 21.7 Å². The highest BCUT2D eigenvalue weighted by Crippen LogP contribution is 2.29. The van der Waals surface area contributed by atoms with E-state index in [9.17, 15) is 9.90 Å². The lowest BCUT2D eigenvalue weighted by Gasteiger charge is -2.20. The van der Waals surface area contributed by atoms with Gasteiger partial charge in [0.1, 0.15) is 5.58 Å². The molecule has 1 saturated heterocycles. The number of nitrogens with zero attached hydrogens (tertiary/aromatic N) is 1. The second-order valence-electron chi connectivity index (χ2n) is 6.56. The largest absolute Gasteiger partial charge is 0.452 e. The third-order valence-corrected chi connectivity index (χ3v) is 4.65. The number of aliphatic hydroxyl groups is 1. The second kappa shape index (κ2) is 7.41. The Balaban J connectivity index is 1.73. The highest BCUT2D eigenvalue weighted by Gasteiger charge is 2.25. The van der Waals surface area contributed by atoms with Crippen LogP contribution in [0, 0.1) is 0 Å². The number of aliphatic hydroxyl groups excluding tert-OH is 1. The van der Waals surface area contributed by atoms with Crippen LogP contribution in [0.5, 0.6) is 0 Å². The Bertz CT molecular complexity index is 903. The fraction of sp³-hybridized carbons (Fsp3) is 0.286. The van der Waals surface area contributed by atoms with Gasteiger partial charge in [-0.05, 0) is 6.07 Å². The Morgan fingerprint density at radius 2 is 1.88 bits per heavy atom. The van der Waals surface area contributed by atoms with Gasteiger partial charge in [-0.1, -0.05) is 48.5 Å². The monoisotopic (exact) mass is 351 g/mol. The van der Waals surface area contributed by atoms with Crippen molar-refractivity contribution < 1.29 is 19.1 Å². The van der Waals surface area contributed by atoms with Crippen molar-refractivity contribution in [1.82, 2.24) is 4.90 Å². The predicted molar refractivity (Wildman–Crippen MR) is 98.2 cm³/mol. The number of benzene rings is 2. The average Bonchev–Trinajstić information content (AvgIpc) is 2.90. The third-order valence-electron chi connectivity index (χ3n) is 4.65. The molecule has 5 nitrogen and oxygen atoms in total. The molecule has 0 bridgehead atoms. The summed E-state index contributed by atoms with van der Waals surface area (Å²) in [7, 11) is 0. The van der Waals surface area contributed by atoms with E-state index in [1.807, 2.05) is 42.5 Å². The molecular formula is C21H21NO4. The molecule has 3 aromatic rings. The van der Waals surface area contributed by atoms with Gasteiger partial charge in [0.05, 0.1) is 19.3 Å². The summed E-state index contributed by atoms with van der Waals surface area (Å²) in [4.78, 5) is 15.1. The van der Waals surface area contributed by atoms with E-state index in [0.29, 0.717) is 49.8 Å². The van der Waals surface area contributed by atoms with Crippen molar-refractivity contribution in [2.45, 2.75) is 12.6 Å². The number of ether oxygens (including phenoxy) is 1. The summed E-state index contributed by atoms with van der Waals surface area (Å²) in [6.45, 7) is 2.66. The van der Waals surface area contributed by atoms with Gasteiger partial charge in [0, 0.05) is 36.1 Å². The molecule has 26 heavy (non-hydrogen) atoms. The molecule has 1 N–H and O–H groups in total. The number of ketones is 1. The van der Waals surface area contributed by atoms with Gasteiger partial charge in [-0.2, -0.15) is 0 Å². The number of fused-ring (bicyclic) bond motifs is 1.